The Hall–Kier alpha value is -3.07. The van der Waals surface area contributed by atoms with E-state index >= 15 is 0 Å². The standard InChI is InChI=1S/C21H13F6NO2/c22-20(23,24)14-6-3-5-13-12(10-18(21(25,26)27)28-19(13)14)8-15(29)17-9-11-4-1-2-7-16(11)30-17/h1-7,9-10,15,29H,8H2. The molecule has 0 spiro atoms. The van der Waals surface area contributed by atoms with Crippen molar-refractivity contribution in [1.29, 1.82) is 0 Å². The number of hydrogen-bond donors (Lipinski definition) is 1. The summed E-state index contributed by atoms with van der Waals surface area (Å²) < 4.78 is 85.4. The molecule has 4 aromatic rings. The van der Waals surface area contributed by atoms with Gasteiger partial charge in [-0.3, -0.25) is 0 Å². The number of benzene rings is 2. The molecule has 0 bridgehead atoms. The molecule has 156 valence electrons. The van der Waals surface area contributed by atoms with Gasteiger partial charge in [0, 0.05) is 17.2 Å². The van der Waals surface area contributed by atoms with Crippen molar-refractivity contribution in [2.45, 2.75) is 24.9 Å². The van der Waals surface area contributed by atoms with Gasteiger partial charge in [0.1, 0.15) is 23.1 Å². The summed E-state index contributed by atoms with van der Waals surface area (Å²) in [6.07, 6.45) is -11.6. The van der Waals surface area contributed by atoms with Gasteiger partial charge in [-0.15, -0.1) is 0 Å². The van der Waals surface area contributed by atoms with Crippen LogP contribution in [-0.2, 0) is 18.8 Å². The van der Waals surface area contributed by atoms with Gasteiger partial charge in [-0.25, -0.2) is 4.98 Å². The van der Waals surface area contributed by atoms with E-state index in [1.807, 2.05) is 0 Å². The van der Waals surface area contributed by atoms with Gasteiger partial charge >= 0.3 is 12.4 Å². The third-order valence-corrected chi connectivity index (χ3v) is 4.71. The van der Waals surface area contributed by atoms with E-state index in [4.69, 9.17) is 4.42 Å². The molecule has 0 saturated carbocycles. The second kappa shape index (κ2) is 7.02. The maximum atomic E-state index is 13.3. The van der Waals surface area contributed by atoms with E-state index in [9.17, 15) is 31.4 Å². The molecule has 0 saturated heterocycles. The highest BCUT2D eigenvalue weighted by molar-refractivity contribution is 5.86. The highest BCUT2D eigenvalue weighted by Crippen LogP contribution is 2.38. The van der Waals surface area contributed by atoms with Gasteiger partial charge in [-0.1, -0.05) is 30.3 Å². The van der Waals surface area contributed by atoms with E-state index in [1.54, 1.807) is 24.3 Å². The number of pyridine rings is 1. The topological polar surface area (TPSA) is 46.3 Å². The molecule has 2 aromatic heterocycles. The lowest BCUT2D eigenvalue weighted by Gasteiger charge is -2.16. The first-order valence-electron chi connectivity index (χ1n) is 8.77. The Labute approximate surface area is 165 Å². The van der Waals surface area contributed by atoms with Crippen LogP contribution in [0.25, 0.3) is 21.9 Å². The van der Waals surface area contributed by atoms with Crippen molar-refractivity contribution in [2.75, 3.05) is 0 Å². The average Bonchev–Trinajstić information content (AvgIpc) is 3.10. The predicted molar refractivity (Wildman–Crippen MR) is 96.6 cm³/mol. The SMILES string of the molecule is OC(Cc1cc(C(F)(F)F)nc2c(C(F)(F)F)cccc12)c1cc2ccccc2o1. The van der Waals surface area contributed by atoms with Crippen molar-refractivity contribution in [3.63, 3.8) is 0 Å². The summed E-state index contributed by atoms with van der Waals surface area (Å²) >= 11 is 0. The summed E-state index contributed by atoms with van der Waals surface area (Å²) in [7, 11) is 0. The van der Waals surface area contributed by atoms with Gasteiger partial charge in [0.15, 0.2) is 0 Å². The lowest BCUT2D eigenvalue weighted by molar-refractivity contribution is -0.142. The van der Waals surface area contributed by atoms with Crippen molar-refractivity contribution < 1.29 is 35.9 Å². The Kier molecular flexibility index (Phi) is 4.73. The van der Waals surface area contributed by atoms with Crippen LogP contribution in [0.5, 0.6) is 0 Å². The number of para-hydroxylation sites is 2. The van der Waals surface area contributed by atoms with E-state index in [0.717, 1.165) is 6.07 Å². The Balaban J connectivity index is 1.84. The van der Waals surface area contributed by atoms with Crippen LogP contribution < -0.4 is 0 Å². The monoisotopic (exact) mass is 425 g/mol. The van der Waals surface area contributed by atoms with Crippen molar-refractivity contribution >= 4 is 21.9 Å². The summed E-state index contributed by atoms with van der Waals surface area (Å²) in [6, 6.07) is 12.1. The maximum Gasteiger partial charge on any atom is 0.433 e. The van der Waals surface area contributed by atoms with Gasteiger partial charge in [0.2, 0.25) is 0 Å². The Morgan fingerprint density at radius 3 is 2.30 bits per heavy atom. The summed E-state index contributed by atoms with van der Waals surface area (Å²) in [6.45, 7) is 0. The molecule has 2 heterocycles. The first-order chi connectivity index (χ1) is 14.0. The normalized spacial score (nSPS) is 13.8. The molecule has 4 rings (SSSR count). The molecule has 30 heavy (non-hydrogen) atoms. The quantitative estimate of drug-likeness (QED) is 0.392. The first-order valence-corrected chi connectivity index (χ1v) is 8.77. The number of hydrogen-bond acceptors (Lipinski definition) is 3. The molecule has 1 N–H and O–H groups in total. The predicted octanol–water partition coefficient (Wildman–Crippen LogP) is 6.29. The molecular weight excluding hydrogens is 412 g/mol. The van der Waals surface area contributed by atoms with Gasteiger partial charge < -0.3 is 9.52 Å². The Morgan fingerprint density at radius 2 is 1.63 bits per heavy atom. The second-order valence-electron chi connectivity index (χ2n) is 6.77. The highest BCUT2D eigenvalue weighted by Gasteiger charge is 2.37. The summed E-state index contributed by atoms with van der Waals surface area (Å²) in [5, 5.41) is 11.1. The van der Waals surface area contributed by atoms with Gasteiger partial charge in [0.25, 0.3) is 0 Å². The average molecular weight is 425 g/mol. The number of aromatic nitrogens is 1. The van der Waals surface area contributed by atoms with E-state index < -0.39 is 35.2 Å². The first kappa shape index (κ1) is 20.2. The van der Waals surface area contributed by atoms with Crippen LogP contribution in [0.3, 0.4) is 0 Å². The molecule has 0 aliphatic carbocycles. The van der Waals surface area contributed by atoms with Gasteiger partial charge in [-0.2, -0.15) is 26.3 Å². The molecule has 0 fully saturated rings. The lowest BCUT2D eigenvalue weighted by atomic mass is 9.98. The van der Waals surface area contributed by atoms with Crippen LogP contribution >= 0.6 is 0 Å². The number of aliphatic hydroxyl groups is 1. The minimum Gasteiger partial charge on any atom is -0.458 e. The molecule has 2 aromatic carbocycles. The molecule has 0 aliphatic heterocycles. The smallest absolute Gasteiger partial charge is 0.433 e. The van der Waals surface area contributed by atoms with Gasteiger partial charge in [-0.05, 0) is 29.8 Å². The summed E-state index contributed by atoms with van der Waals surface area (Å²) in [4.78, 5) is 3.24. The van der Waals surface area contributed by atoms with Crippen LogP contribution in [-0.4, -0.2) is 10.1 Å². The third-order valence-electron chi connectivity index (χ3n) is 4.71. The number of halogens is 6. The zero-order valence-corrected chi connectivity index (χ0v) is 15.1. The molecule has 0 amide bonds. The molecular formula is C21H13F6NO2. The van der Waals surface area contributed by atoms with Crippen LogP contribution in [0, 0.1) is 0 Å². The molecule has 9 heteroatoms. The fraction of sp³-hybridized carbons (Fsp3) is 0.190. The minimum absolute atomic E-state index is 0.0988. The maximum absolute atomic E-state index is 13.3. The van der Waals surface area contributed by atoms with Crippen LogP contribution in [0.4, 0.5) is 26.3 Å². The third kappa shape index (κ3) is 3.72. The highest BCUT2D eigenvalue weighted by atomic mass is 19.4. The molecule has 0 radical (unpaired) electrons. The van der Waals surface area contributed by atoms with E-state index in [2.05, 4.69) is 4.98 Å². The number of nitrogens with zero attached hydrogens (tertiary/aromatic N) is 1. The Morgan fingerprint density at radius 1 is 0.900 bits per heavy atom. The van der Waals surface area contributed by atoms with Crippen molar-refractivity contribution in [3.05, 3.63) is 77.2 Å². The van der Waals surface area contributed by atoms with Crippen molar-refractivity contribution in [1.82, 2.24) is 4.98 Å². The van der Waals surface area contributed by atoms with E-state index in [-0.39, 0.29) is 23.1 Å². The number of fused-ring (bicyclic) bond motifs is 2. The largest absolute Gasteiger partial charge is 0.458 e. The van der Waals surface area contributed by atoms with Crippen molar-refractivity contribution in [2.24, 2.45) is 0 Å². The summed E-state index contributed by atoms with van der Waals surface area (Å²) in [5.41, 5.74) is -3.19. The van der Waals surface area contributed by atoms with Crippen molar-refractivity contribution in [3.8, 4) is 0 Å². The lowest BCUT2D eigenvalue weighted by Crippen LogP contribution is -2.13. The fourth-order valence-corrected chi connectivity index (χ4v) is 3.34. The zero-order chi connectivity index (χ0) is 21.7. The fourth-order valence-electron chi connectivity index (χ4n) is 3.34. The van der Waals surface area contributed by atoms with Crippen LogP contribution in [0.1, 0.15) is 28.7 Å². The molecule has 0 aliphatic rings. The minimum atomic E-state index is -4.95. The number of aliphatic hydroxyl groups excluding tert-OH is 1. The molecule has 1 atom stereocenters. The summed E-state index contributed by atoms with van der Waals surface area (Å²) in [5.74, 6) is 0.0988. The van der Waals surface area contributed by atoms with Crippen LogP contribution in [0.15, 0.2) is 59.0 Å². The number of alkyl halides is 6. The van der Waals surface area contributed by atoms with Crippen LogP contribution in [0.2, 0.25) is 0 Å². The number of rotatable bonds is 3. The van der Waals surface area contributed by atoms with E-state index in [1.165, 1.54) is 12.1 Å². The van der Waals surface area contributed by atoms with Gasteiger partial charge in [0.05, 0.1) is 11.1 Å². The number of furan rings is 1. The Bertz CT molecular complexity index is 1190. The molecule has 3 nitrogen and oxygen atoms in total. The zero-order valence-electron chi connectivity index (χ0n) is 15.1. The second-order valence-corrected chi connectivity index (χ2v) is 6.77. The van der Waals surface area contributed by atoms with E-state index in [0.29, 0.717) is 23.1 Å². The molecule has 1 unspecified atom stereocenters.